The van der Waals surface area contributed by atoms with E-state index in [0.717, 1.165) is 56.6 Å². The fourth-order valence-corrected chi connectivity index (χ4v) is 5.53. The highest BCUT2D eigenvalue weighted by molar-refractivity contribution is 6.02. The molecule has 3 aromatic rings. The van der Waals surface area contributed by atoms with Gasteiger partial charge in [0.15, 0.2) is 0 Å². The van der Waals surface area contributed by atoms with Crippen molar-refractivity contribution in [2.24, 2.45) is 5.92 Å². The van der Waals surface area contributed by atoms with Crippen molar-refractivity contribution in [3.63, 3.8) is 0 Å². The Kier molecular flexibility index (Phi) is 5.61. The minimum atomic E-state index is -0.496. The first-order valence-corrected chi connectivity index (χ1v) is 11.5. The zero-order valence-electron chi connectivity index (χ0n) is 18.0. The fraction of sp³-hybridized carbons (Fsp3) is 0.321. The summed E-state index contributed by atoms with van der Waals surface area (Å²) in [6.07, 6.45) is 4.11. The molecule has 0 bridgehead atoms. The van der Waals surface area contributed by atoms with Gasteiger partial charge >= 0.3 is 0 Å². The predicted molar refractivity (Wildman–Crippen MR) is 126 cm³/mol. The van der Waals surface area contributed by atoms with Crippen molar-refractivity contribution in [1.82, 2.24) is 4.90 Å². The van der Waals surface area contributed by atoms with E-state index in [2.05, 4.69) is 76.9 Å². The molecule has 2 heterocycles. The number of anilines is 1. The molecule has 2 aliphatic rings. The summed E-state index contributed by atoms with van der Waals surface area (Å²) < 4.78 is 0. The molecule has 1 fully saturated rings. The van der Waals surface area contributed by atoms with Crippen molar-refractivity contribution in [2.75, 3.05) is 25.0 Å². The lowest BCUT2D eigenvalue weighted by Gasteiger charge is -2.42. The molecule has 0 spiro atoms. The van der Waals surface area contributed by atoms with Crippen molar-refractivity contribution in [3.8, 4) is 0 Å². The Morgan fingerprint density at radius 3 is 2.42 bits per heavy atom. The van der Waals surface area contributed by atoms with Crippen molar-refractivity contribution >= 4 is 11.6 Å². The van der Waals surface area contributed by atoms with Gasteiger partial charge in [0.1, 0.15) is 0 Å². The van der Waals surface area contributed by atoms with Gasteiger partial charge in [-0.25, -0.2) is 0 Å². The van der Waals surface area contributed by atoms with Crippen LogP contribution in [0.4, 0.5) is 5.69 Å². The van der Waals surface area contributed by atoms with Crippen LogP contribution in [-0.4, -0.2) is 30.4 Å². The third-order valence-corrected chi connectivity index (χ3v) is 7.18. The average molecular weight is 411 g/mol. The van der Waals surface area contributed by atoms with E-state index in [4.69, 9.17) is 0 Å². The summed E-state index contributed by atoms with van der Waals surface area (Å²) in [5.41, 5.74) is 4.27. The summed E-state index contributed by atoms with van der Waals surface area (Å²) in [6.45, 7) is 3.15. The van der Waals surface area contributed by atoms with Crippen LogP contribution in [-0.2, 0) is 23.1 Å². The maximum absolute atomic E-state index is 13.6. The van der Waals surface area contributed by atoms with E-state index in [1.165, 1.54) is 11.1 Å². The first-order chi connectivity index (χ1) is 15.3. The number of benzene rings is 3. The number of nitrogens with zero attached hydrogens (tertiary/aromatic N) is 1. The molecule has 2 unspecified atom stereocenters. The molecule has 3 nitrogen and oxygen atoms in total. The number of rotatable bonds is 6. The lowest BCUT2D eigenvalue weighted by atomic mass is 9.64. The van der Waals surface area contributed by atoms with Gasteiger partial charge in [0.2, 0.25) is 5.91 Å². The van der Waals surface area contributed by atoms with Crippen LogP contribution in [0.25, 0.3) is 0 Å². The number of para-hydroxylation sites is 1. The zero-order chi connectivity index (χ0) is 21.1. The minimum absolute atomic E-state index is 0.161. The standard InChI is InChI=1S/C28H30N2O/c31-27-28(24-14-5-2-6-15-24,20-23-13-7-8-16-26(23)29-27)25-17-19-30(21-25)18-9-12-22-10-3-1-4-11-22/h1-8,10-11,13-16,25H,9,12,17-21H2,(H,29,31). The number of nitrogens with one attached hydrogen (secondary N) is 1. The highest BCUT2D eigenvalue weighted by atomic mass is 16.2. The number of carbonyl (C=O) groups excluding carboxylic acids is 1. The lowest BCUT2D eigenvalue weighted by Crippen LogP contribution is -2.51. The number of likely N-dealkylation sites (tertiary alicyclic amines) is 1. The SMILES string of the molecule is O=C1Nc2ccccc2CC1(c1ccccc1)C1CCN(CCCc2ccccc2)C1. The van der Waals surface area contributed by atoms with Crippen LogP contribution < -0.4 is 5.32 Å². The van der Waals surface area contributed by atoms with Gasteiger partial charge in [-0.3, -0.25) is 4.79 Å². The number of fused-ring (bicyclic) bond motifs is 1. The highest BCUT2D eigenvalue weighted by Crippen LogP contribution is 2.45. The van der Waals surface area contributed by atoms with Crippen molar-refractivity contribution in [2.45, 2.75) is 31.1 Å². The Morgan fingerprint density at radius 1 is 0.903 bits per heavy atom. The minimum Gasteiger partial charge on any atom is -0.325 e. The van der Waals surface area contributed by atoms with Crippen LogP contribution in [0.15, 0.2) is 84.9 Å². The number of aryl methyl sites for hydroxylation is 1. The van der Waals surface area contributed by atoms with E-state index in [0.29, 0.717) is 5.92 Å². The summed E-state index contributed by atoms with van der Waals surface area (Å²) in [5.74, 6) is 0.480. The van der Waals surface area contributed by atoms with Crippen LogP contribution in [0.2, 0.25) is 0 Å². The molecule has 2 aliphatic heterocycles. The van der Waals surface area contributed by atoms with Crippen LogP contribution in [0.1, 0.15) is 29.5 Å². The largest absolute Gasteiger partial charge is 0.325 e. The molecule has 1 amide bonds. The van der Waals surface area contributed by atoms with Crippen LogP contribution in [0.5, 0.6) is 0 Å². The van der Waals surface area contributed by atoms with E-state index in [1.807, 2.05) is 18.2 Å². The normalized spacial score (nSPS) is 23.4. The van der Waals surface area contributed by atoms with Crippen molar-refractivity contribution < 1.29 is 4.79 Å². The van der Waals surface area contributed by atoms with Crippen LogP contribution >= 0.6 is 0 Å². The van der Waals surface area contributed by atoms with Gasteiger partial charge in [0.25, 0.3) is 0 Å². The van der Waals surface area contributed by atoms with Gasteiger partial charge in [0.05, 0.1) is 5.41 Å². The summed E-state index contributed by atoms with van der Waals surface area (Å²) in [5, 5.41) is 3.25. The third-order valence-electron chi connectivity index (χ3n) is 7.18. The molecule has 158 valence electrons. The first kappa shape index (κ1) is 20.0. The molecule has 0 aliphatic carbocycles. The lowest BCUT2D eigenvalue weighted by molar-refractivity contribution is -0.124. The van der Waals surface area contributed by atoms with E-state index in [9.17, 15) is 4.79 Å². The van der Waals surface area contributed by atoms with Gasteiger partial charge in [-0.1, -0.05) is 78.9 Å². The zero-order valence-corrected chi connectivity index (χ0v) is 18.0. The predicted octanol–water partition coefficient (Wildman–Crippen LogP) is 5.07. The Hall–Kier alpha value is -2.91. The maximum Gasteiger partial charge on any atom is 0.235 e. The van der Waals surface area contributed by atoms with Crippen LogP contribution in [0.3, 0.4) is 0 Å². The quantitative estimate of drug-likeness (QED) is 0.615. The van der Waals surface area contributed by atoms with E-state index < -0.39 is 5.41 Å². The second kappa shape index (κ2) is 8.68. The van der Waals surface area contributed by atoms with Gasteiger partial charge in [-0.15, -0.1) is 0 Å². The molecule has 2 atom stereocenters. The highest BCUT2D eigenvalue weighted by Gasteiger charge is 2.51. The first-order valence-electron chi connectivity index (χ1n) is 11.5. The second-order valence-electron chi connectivity index (χ2n) is 9.00. The molecule has 0 saturated carbocycles. The molecule has 1 saturated heterocycles. The molecular formula is C28H30N2O. The van der Waals surface area contributed by atoms with Gasteiger partial charge < -0.3 is 10.2 Å². The summed E-state index contributed by atoms with van der Waals surface area (Å²) >= 11 is 0. The molecule has 0 radical (unpaired) electrons. The smallest absolute Gasteiger partial charge is 0.235 e. The topological polar surface area (TPSA) is 32.3 Å². The molecule has 0 aromatic heterocycles. The molecule has 31 heavy (non-hydrogen) atoms. The van der Waals surface area contributed by atoms with E-state index >= 15 is 0 Å². The number of hydrogen-bond acceptors (Lipinski definition) is 2. The monoisotopic (exact) mass is 410 g/mol. The summed E-state index contributed by atoms with van der Waals surface area (Å²) in [6, 6.07) is 29.4. The Labute approximate surface area is 185 Å². The third kappa shape index (κ3) is 3.90. The average Bonchev–Trinajstić information content (AvgIpc) is 3.29. The van der Waals surface area contributed by atoms with Crippen molar-refractivity contribution in [1.29, 1.82) is 0 Å². The van der Waals surface area contributed by atoms with Gasteiger partial charge in [-0.2, -0.15) is 0 Å². The van der Waals surface area contributed by atoms with Crippen LogP contribution in [0, 0.1) is 5.92 Å². The molecule has 1 N–H and O–H groups in total. The fourth-order valence-electron chi connectivity index (χ4n) is 5.53. The van der Waals surface area contributed by atoms with Crippen molar-refractivity contribution in [3.05, 3.63) is 102 Å². The Bertz CT molecular complexity index is 1030. The molecule has 3 aromatic carbocycles. The molecular weight excluding hydrogens is 380 g/mol. The van der Waals surface area contributed by atoms with Gasteiger partial charge in [-0.05, 0) is 67.4 Å². The summed E-state index contributed by atoms with van der Waals surface area (Å²) in [4.78, 5) is 16.2. The number of amides is 1. The Balaban J connectivity index is 1.36. The van der Waals surface area contributed by atoms with E-state index in [-0.39, 0.29) is 5.91 Å². The molecule has 5 rings (SSSR count). The second-order valence-corrected chi connectivity index (χ2v) is 9.00. The number of carbonyl (C=O) groups is 1. The van der Waals surface area contributed by atoms with E-state index in [1.54, 1.807) is 0 Å². The maximum atomic E-state index is 13.6. The molecule has 3 heteroatoms. The Morgan fingerprint density at radius 2 is 1.61 bits per heavy atom. The van der Waals surface area contributed by atoms with Gasteiger partial charge in [0, 0.05) is 12.2 Å². The number of hydrogen-bond donors (Lipinski definition) is 1. The summed E-state index contributed by atoms with van der Waals surface area (Å²) in [7, 11) is 0.